The maximum absolute atomic E-state index is 12.3. The third-order valence-electron chi connectivity index (χ3n) is 3.03. The first kappa shape index (κ1) is 21.3. The lowest BCUT2D eigenvalue weighted by Crippen LogP contribution is -2.59. The lowest BCUT2D eigenvalue weighted by molar-refractivity contribution is -0.148. The van der Waals surface area contributed by atoms with Crippen LogP contribution < -0.4 is 15.5 Å². The molecule has 0 saturated carbocycles. The topological polar surface area (TPSA) is 134 Å². The highest BCUT2D eigenvalue weighted by Gasteiger charge is 2.32. The van der Waals surface area contributed by atoms with Crippen molar-refractivity contribution in [2.45, 2.75) is 32.4 Å². The van der Waals surface area contributed by atoms with E-state index in [1.807, 2.05) is 0 Å². The molecule has 1 heterocycles. The van der Waals surface area contributed by atoms with Crippen molar-refractivity contribution in [2.24, 2.45) is 0 Å². The minimum Gasteiger partial charge on any atom is -0.303 e. The van der Waals surface area contributed by atoms with E-state index in [1.54, 1.807) is 20.8 Å². The minimum absolute atomic E-state index is 0.0411. The molecule has 1 fully saturated rings. The number of hydroxylamine groups is 1. The van der Waals surface area contributed by atoms with Gasteiger partial charge in [0.1, 0.15) is 6.04 Å². The van der Waals surface area contributed by atoms with Gasteiger partial charge < -0.3 is 5.32 Å². The zero-order chi connectivity index (χ0) is 18.6. The van der Waals surface area contributed by atoms with E-state index in [9.17, 15) is 21.6 Å². The van der Waals surface area contributed by atoms with Gasteiger partial charge in [0.25, 0.3) is 5.91 Å². The fourth-order valence-electron chi connectivity index (χ4n) is 1.91. The highest BCUT2D eigenvalue weighted by Crippen LogP contribution is 2.08. The summed E-state index contributed by atoms with van der Waals surface area (Å²) in [7, 11) is -7.12. The summed E-state index contributed by atoms with van der Waals surface area (Å²) in [6, 6.07) is -0.737. The van der Waals surface area contributed by atoms with Gasteiger partial charge in [-0.2, -0.15) is 4.31 Å². The van der Waals surface area contributed by atoms with Crippen molar-refractivity contribution < 1.29 is 26.5 Å². The molecule has 12 heteroatoms. The fraction of sp³-hybridized carbons (Fsp3) is 0.917. The molecule has 1 aliphatic rings. The fourth-order valence-corrected chi connectivity index (χ4v) is 3.88. The van der Waals surface area contributed by atoms with Gasteiger partial charge in [0.15, 0.2) is 0 Å². The van der Waals surface area contributed by atoms with Crippen molar-refractivity contribution in [1.29, 1.82) is 0 Å². The van der Waals surface area contributed by atoms with Gasteiger partial charge in [0, 0.05) is 26.2 Å². The van der Waals surface area contributed by atoms with E-state index in [2.05, 4.69) is 15.5 Å². The first-order chi connectivity index (χ1) is 10.8. The summed E-state index contributed by atoms with van der Waals surface area (Å²) >= 11 is 0. The van der Waals surface area contributed by atoms with Gasteiger partial charge in [0.05, 0.1) is 17.6 Å². The summed E-state index contributed by atoms with van der Waals surface area (Å²) in [6.07, 6.45) is 0.958. The van der Waals surface area contributed by atoms with E-state index in [4.69, 9.17) is 4.84 Å². The second-order valence-electron chi connectivity index (χ2n) is 6.53. The third-order valence-corrected chi connectivity index (χ3v) is 5.60. The summed E-state index contributed by atoms with van der Waals surface area (Å²) < 4.78 is 49.8. The number of hydrogen-bond acceptors (Lipinski definition) is 7. The van der Waals surface area contributed by atoms with Crippen molar-refractivity contribution in [1.82, 2.24) is 19.8 Å². The molecule has 1 rings (SSSR count). The van der Waals surface area contributed by atoms with Crippen LogP contribution in [0.25, 0.3) is 0 Å². The Morgan fingerprint density at radius 1 is 1.29 bits per heavy atom. The number of sulfonamides is 2. The van der Waals surface area contributed by atoms with Gasteiger partial charge in [-0.1, -0.05) is 0 Å². The number of nitrogens with zero attached hydrogens (tertiary/aromatic N) is 1. The van der Waals surface area contributed by atoms with E-state index >= 15 is 0 Å². The smallest absolute Gasteiger partial charge is 0.262 e. The number of rotatable bonds is 7. The average Bonchev–Trinajstić information content (AvgIpc) is 2.42. The van der Waals surface area contributed by atoms with E-state index in [-0.39, 0.29) is 25.4 Å². The molecule has 3 N–H and O–H groups in total. The normalized spacial score (nSPS) is 20.8. The van der Waals surface area contributed by atoms with E-state index in [0.29, 0.717) is 6.54 Å². The monoisotopic (exact) mass is 386 g/mol. The third kappa shape index (κ3) is 7.85. The number of hydrogen-bond donors (Lipinski definition) is 3. The Hall–Kier alpha value is -0.790. The van der Waals surface area contributed by atoms with E-state index in [1.165, 1.54) is 4.31 Å². The largest absolute Gasteiger partial charge is 0.303 e. The quantitative estimate of drug-likeness (QED) is 0.430. The molecular weight excluding hydrogens is 360 g/mol. The van der Waals surface area contributed by atoms with Crippen LogP contribution in [0.2, 0.25) is 0 Å². The molecule has 0 bridgehead atoms. The maximum Gasteiger partial charge on any atom is 0.262 e. The summed E-state index contributed by atoms with van der Waals surface area (Å²) in [4.78, 5) is 17.2. The predicted octanol–water partition coefficient (Wildman–Crippen LogP) is -2.01. The van der Waals surface area contributed by atoms with Gasteiger partial charge >= 0.3 is 0 Å². The van der Waals surface area contributed by atoms with Crippen LogP contribution in [0.1, 0.15) is 20.8 Å². The molecule has 0 spiro atoms. The molecule has 1 atom stereocenters. The van der Waals surface area contributed by atoms with Crippen molar-refractivity contribution in [3.8, 4) is 0 Å². The number of amides is 1. The van der Waals surface area contributed by atoms with Crippen molar-refractivity contribution >= 4 is 26.0 Å². The molecule has 0 radical (unpaired) electrons. The average molecular weight is 386 g/mol. The molecule has 1 aliphatic heterocycles. The Kier molecular flexibility index (Phi) is 7.14. The second-order valence-corrected chi connectivity index (χ2v) is 10.4. The van der Waals surface area contributed by atoms with Gasteiger partial charge in [0.2, 0.25) is 20.0 Å². The standard InChI is InChI=1S/C12H26N4O6S2/c1-12(2,3)22-15-11(17)10-9-16(7-5-13-10)24(20,21)8-6-14-23(4,18)19/h10,13-14H,5-9H2,1-4H3,(H,15,17)/t10-/m1/s1. The van der Waals surface area contributed by atoms with Crippen molar-refractivity contribution in [2.75, 3.05) is 38.2 Å². The SMILES string of the molecule is CC(C)(C)ONC(=O)[C@H]1CN(S(=O)(=O)CCNS(C)(=O)=O)CCN1. The molecule has 10 nitrogen and oxygen atoms in total. The Balaban J connectivity index is 2.59. The zero-order valence-electron chi connectivity index (χ0n) is 14.3. The lowest BCUT2D eigenvalue weighted by atomic mass is 10.2. The minimum atomic E-state index is -3.67. The van der Waals surface area contributed by atoms with Crippen LogP contribution >= 0.6 is 0 Å². The van der Waals surface area contributed by atoms with Gasteiger partial charge in [-0.05, 0) is 20.8 Å². The summed E-state index contributed by atoms with van der Waals surface area (Å²) in [5.74, 6) is -0.827. The van der Waals surface area contributed by atoms with Crippen LogP contribution in [0.3, 0.4) is 0 Å². The molecule has 0 aliphatic carbocycles. The zero-order valence-corrected chi connectivity index (χ0v) is 16.0. The Bertz CT molecular complexity index is 641. The molecule has 0 unspecified atom stereocenters. The molecular formula is C12H26N4O6S2. The lowest BCUT2D eigenvalue weighted by Gasteiger charge is -2.32. The van der Waals surface area contributed by atoms with Crippen molar-refractivity contribution in [3.05, 3.63) is 0 Å². The van der Waals surface area contributed by atoms with E-state index in [0.717, 1.165) is 6.26 Å². The van der Waals surface area contributed by atoms with E-state index < -0.39 is 37.6 Å². The van der Waals surface area contributed by atoms with Gasteiger partial charge in [-0.25, -0.2) is 27.0 Å². The number of carbonyl (C=O) groups excluding carboxylic acids is 1. The molecule has 1 saturated heterocycles. The Labute approximate surface area is 143 Å². The Morgan fingerprint density at radius 2 is 1.92 bits per heavy atom. The van der Waals surface area contributed by atoms with Crippen LogP contribution in [0.4, 0.5) is 0 Å². The molecule has 1 amide bonds. The highest BCUT2D eigenvalue weighted by atomic mass is 32.2. The first-order valence-electron chi connectivity index (χ1n) is 7.44. The molecule has 0 aromatic heterocycles. The summed E-state index contributed by atoms with van der Waals surface area (Å²) in [5.41, 5.74) is 1.75. The number of nitrogens with one attached hydrogen (secondary N) is 3. The molecule has 0 aromatic rings. The van der Waals surface area contributed by atoms with Gasteiger partial charge in [-0.15, -0.1) is 0 Å². The maximum atomic E-state index is 12.3. The summed E-state index contributed by atoms with van der Waals surface area (Å²) in [6.45, 7) is 5.58. The molecule has 142 valence electrons. The highest BCUT2D eigenvalue weighted by molar-refractivity contribution is 7.89. The van der Waals surface area contributed by atoms with Crippen LogP contribution in [0.5, 0.6) is 0 Å². The van der Waals surface area contributed by atoms with Crippen LogP contribution in [-0.2, 0) is 29.7 Å². The van der Waals surface area contributed by atoms with Crippen molar-refractivity contribution in [3.63, 3.8) is 0 Å². The number of piperazine rings is 1. The van der Waals surface area contributed by atoms with Crippen LogP contribution in [-0.4, -0.2) is 76.9 Å². The Morgan fingerprint density at radius 3 is 2.46 bits per heavy atom. The van der Waals surface area contributed by atoms with Crippen LogP contribution in [0, 0.1) is 0 Å². The summed E-state index contributed by atoms with van der Waals surface area (Å²) in [5, 5.41) is 2.93. The second kappa shape index (κ2) is 8.06. The molecule has 0 aromatic carbocycles. The first-order valence-corrected chi connectivity index (χ1v) is 10.9. The van der Waals surface area contributed by atoms with Crippen LogP contribution in [0.15, 0.2) is 0 Å². The predicted molar refractivity (Wildman–Crippen MR) is 89.0 cm³/mol. The van der Waals surface area contributed by atoms with Gasteiger partial charge in [-0.3, -0.25) is 9.63 Å². The number of carbonyl (C=O) groups is 1. The molecule has 24 heavy (non-hydrogen) atoms.